The number of aryl methyl sites for hydroxylation is 2. The van der Waals surface area contributed by atoms with Crippen LogP contribution in [0.2, 0.25) is 0 Å². The molecule has 0 bridgehead atoms. The Bertz CT molecular complexity index is 497. The van der Waals surface area contributed by atoms with E-state index in [1.807, 2.05) is 45.0 Å². The molecule has 1 aromatic heterocycles. The van der Waals surface area contributed by atoms with E-state index < -0.39 is 6.10 Å². The third kappa shape index (κ3) is 1.89. The molecule has 1 heterocycles. The molecule has 0 aliphatic heterocycles. The van der Waals surface area contributed by atoms with E-state index in [9.17, 15) is 5.11 Å². The van der Waals surface area contributed by atoms with Crippen LogP contribution in [0.5, 0.6) is 0 Å². The Balaban J connectivity index is 2.41. The van der Waals surface area contributed by atoms with Crippen LogP contribution < -0.4 is 0 Å². The summed E-state index contributed by atoms with van der Waals surface area (Å²) in [5.74, 6) is 0.819. The molecule has 0 spiro atoms. The van der Waals surface area contributed by atoms with Gasteiger partial charge in [-0.1, -0.05) is 18.2 Å². The average Bonchev–Trinajstić information content (AvgIpc) is 2.68. The normalized spacial score (nSPS) is 12.8. The van der Waals surface area contributed by atoms with Crippen LogP contribution in [-0.2, 0) is 0 Å². The van der Waals surface area contributed by atoms with Gasteiger partial charge in [-0.25, -0.2) is 0 Å². The second-order valence-corrected chi connectivity index (χ2v) is 4.18. The number of aliphatic hydroxyl groups is 1. The monoisotopic (exact) mass is 216 g/mol. The molecule has 0 amide bonds. The molecule has 1 N–H and O–H groups in total. The molecule has 1 aromatic carbocycles. The number of furan rings is 1. The molecule has 0 aliphatic carbocycles. The fraction of sp³-hybridized carbons (Fsp3) is 0.286. The third-order valence-corrected chi connectivity index (χ3v) is 3.01. The molecule has 0 saturated heterocycles. The largest absolute Gasteiger partial charge is 0.469 e. The van der Waals surface area contributed by atoms with E-state index >= 15 is 0 Å². The minimum Gasteiger partial charge on any atom is -0.469 e. The van der Waals surface area contributed by atoms with E-state index in [1.165, 1.54) is 5.56 Å². The van der Waals surface area contributed by atoms with Crippen molar-refractivity contribution < 1.29 is 9.52 Å². The topological polar surface area (TPSA) is 33.4 Å². The Morgan fingerprint density at radius 2 is 1.94 bits per heavy atom. The highest BCUT2D eigenvalue weighted by atomic mass is 16.3. The average molecular weight is 216 g/mol. The molecular formula is C14H16O2. The van der Waals surface area contributed by atoms with Crippen LogP contribution in [0.3, 0.4) is 0 Å². The van der Waals surface area contributed by atoms with Crippen molar-refractivity contribution in [2.45, 2.75) is 26.9 Å². The standard InChI is InChI=1S/C14H16O2/c1-9-5-4-6-13(11(9)3)14(15)12-7-10(2)16-8-12/h4-8,14-15H,1-3H3. The zero-order chi connectivity index (χ0) is 11.7. The summed E-state index contributed by atoms with van der Waals surface area (Å²) in [6.45, 7) is 5.95. The van der Waals surface area contributed by atoms with Gasteiger partial charge >= 0.3 is 0 Å². The molecule has 2 rings (SSSR count). The summed E-state index contributed by atoms with van der Waals surface area (Å²) in [5.41, 5.74) is 4.08. The van der Waals surface area contributed by atoms with Gasteiger partial charge in [-0.15, -0.1) is 0 Å². The molecule has 2 aromatic rings. The molecule has 84 valence electrons. The lowest BCUT2D eigenvalue weighted by Gasteiger charge is -2.13. The van der Waals surface area contributed by atoms with E-state index in [0.717, 1.165) is 22.5 Å². The fourth-order valence-corrected chi connectivity index (χ4v) is 1.86. The lowest BCUT2D eigenvalue weighted by atomic mass is 9.96. The maximum atomic E-state index is 10.3. The second-order valence-electron chi connectivity index (χ2n) is 4.18. The fourth-order valence-electron chi connectivity index (χ4n) is 1.86. The first-order chi connectivity index (χ1) is 7.59. The highest BCUT2D eigenvalue weighted by Gasteiger charge is 2.15. The predicted molar refractivity (Wildman–Crippen MR) is 63.4 cm³/mol. The minimum absolute atomic E-state index is 0.600. The van der Waals surface area contributed by atoms with Crippen molar-refractivity contribution >= 4 is 0 Å². The van der Waals surface area contributed by atoms with Crippen LogP contribution in [0.25, 0.3) is 0 Å². The Morgan fingerprint density at radius 3 is 2.56 bits per heavy atom. The van der Waals surface area contributed by atoms with E-state index in [4.69, 9.17) is 4.42 Å². The van der Waals surface area contributed by atoms with Crippen LogP contribution in [0.1, 0.15) is 34.1 Å². The van der Waals surface area contributed by atoms with E-state index in [1.54, 1.807) is 6.26 Å². The summed E-state index contributed by atoms with van der Waals surface area (Å²) < 4.78 is 5.22. The summed E-state index contributed by atoms with van der Waals surface area (Å²) in [5, 5.41) is 10.3. The molecule has 0 saturated carbocycles. The molecule has 0 fully saturated rings. The molecule has 1 unspecified atom stereocenters. The van der Waals surface area contributed by atoms with Gasteiger partial charge < -0.3 is 9.52 Å². The van der Waals surface area contributed by atoms with E-state index in [-0.39, 0.29) is 0 Å². The summed E-state index contributed by atoms with van der Waals surface area (Å²) in [4.78, 5) is 0. The van der Waals surface area contributed by atoms with Crippen molar-refractivity contribution in [2.24, 2.45) is 0 Å². The van der Waals surface area contributed by atoms with Gasteiger partial charge in [0.05, 0.1) is 6.26 Å². The highest BCUT2D eigenvalue weighted by molar-refractivity contribution is 5.38. The molecule has 2 heteroatoms. The maximum absolute atomic E-state index is 10.3. The van der Waals surface area contributed by atoms with Gasteiger partial charge in [-0.2, -0.15) is 0 Å². The lowest BCUT2D eigenvalue weighted by Crippen LogP contribution is -2.01. The van der Waals surface area contributed by atoms with Gasteiger partial charge in [0.1, 0.15) is 11.9 Å². The molecule has 0 radical (unpaired) electrons. The first kappa shape index (κ1) is 11.0. The van der Waals surface area contributed by atoms with Crippen molar-refractivity contribution in [1.29, 1.82) is 0 Å². The Labute approximate surface area is 95.5 Å². The van der Waals surface area contributed by atoms with Crippen molar-refractivity contribution in [3.8, 4) is 0 Å². The SMILES string of the molecule is Cc1cc(C(O)c2cccc(C)c2C)co1. The van der Waals surface area contributed by atoms with E-state index in [2.05, 4.69) is 0 Å². The van der Waals surface area contributed by atoms with Crippen molar-refractivity contribution in [2.75, 3.05) is 0 Å². The van der Waals surface area contributed by atoms with Gasteiger partial charge in [0.2, 0.25) is 0 Å². The quantitative estimate of drug-likeness (QED) is 0.835. The van der Waals surface area contributed by atoms with Gasteiger partial charge in [0.15, 0.2) is 0 Å². The second kappa shape index (κ2) is 4.14. The van der Waals surface area contributed by atoms with Gasteiger partial charge in [0, 0.05) is 5.56 Å². The smallest absolute Gasteiger partial charge is 0.107 e. The van der Waals surface area contributed by atoms with Crippen LogP contribution in [0, 0.1) is 20.8 Å². The van der Waals surface area contributed by atoms with Gasteiger partial charge in [0.25, 0.3) is 0 Å². The van der Waals surface area contributed by atoms with Crippen LogP contribution in [0.4, 0.5) is 0 Å². The molecule has 1 atom stereocenters. The zero-order valence-electron chi connectivity index (χ0n) is 9.82. The van der Waals surface area contributed by atoms with Crippen molar-refractivity contribution in [3.05, 3.63) is 58.5 Å². The number of hydrogen-bond acceptors (Lipinski definition) is 2. The van der Waals surface area contributed by atoms with Crippen molar-refractivity contribution in [3.63, 3.8) is 0 Å². The Morgan fingerprint density at radius 1 is 1.19 bits per heavy atom. The van der Waals surface area contributed by atoms with E-state index in [0.29, 0.717) is 0 Å². The predicted octanol–water partition coefficient (Wildman–Crippen LogP) is 3.29. The molecule has 2 nitrogen and oxygen atoms in total. The first-order valence-corrected chi connectivity index (χ1v) is 5.39. The van der Waals surface area contributed by atoms with Gasteiger partial charge in [-0.3, -0.25) is 0 Å². The number of benzene rings is 1. The van der Waals surface area contributed by atoms with Crippen LogP contribution in [-0.4, -0.2) is 5.11 Å². The summed E-state index contributed by atoms with van der Waals surface area (Å²) in [6.07, 6.45) is 1.01. The molecular weight excluding hydrogens is 200 g/mol. The maximum Gasteiger partial charge on any atom is 0.107 e. The Kier molecular flexibility index (Phi) is 2.84. The third-order valence-electron chi connectivity index (χ3n) is 3.01. The van der Waals surface area contributed by atoms with Crippen LogP contribution >= 0.6 is 0 Å². The number of aliphatic hydroxyl groups excluding tert-OH is 1. The molecule has 16 heavy (non-hydrogen) atoms. The van der Waals surface area contributed by atoms with Gasteiger partial charge in [-0.05, 0) is 43.5 Å². The lowest BCUT2D eigenvalue weighted by molar-refractivity contribution is 0.218. The number of hydrogen-bond donors (Lipinski definition) is 1. The summed E-state index contributed by atoms with van der Waals surface area (Å²) in [6, 6.07) is 7.84. The Hall–Kier alpha value is -1.54. The first-order valence-electron chi connectivity index (χ1n) is 5.39. The molecule has 0 aliphatic rings. The summed E-state index contributed by atoms with van der Waals surface area (Å²) >= 11 is 0. The minimum atomic E-state index is -0.600. The number of rotatable bonds is 2. The van der Waals surface area contributed by atoms with Crippen LogP contribution in [0.15, 0.2) is 34.9 Å². The zero-order valence-corrected chi connectivity index (χ0v) is 9.82. The highest BCUT2D eigenvalue weighted by Crippen LogP contribution is 2.27. The van der Waals surface area contributed by atoms with Crippen molar-refractivity contribution in [1.82, 2.24) is 0 Å². The summed E-state index contributed by atoms with van der Waals surface area (Å²) in [7, 11) is 0.